The fourth-order valence-electron chi connectivity index (χ4n) is 2.11. The molecule has 1 aromatic carbocycles. The van der Waals surface area contributed by atoms with Crippen LogP contribution < -0.4 is 17.2 Å². The van der Waals surface area contributed by atoms with Crippen molar-refractivity contribution in [3.05, 3.63) is 41.1 Å². The number of aliphatic imine (C=N–C) groups is 1. The van der Waals surface area contributed by atoms with Gasteiger partial charge in [0.15, 0.2) is 5.96 Å². The van der Waals surface area contributed by atoms with E-state index in [9.17, 15) is 5.26 Å². The maximum absolute atomic E-state index is 9.30. The van der Waals surface area contributed by atoms with Gasteiger partial charge in [-0.05, 0) is 31.9 Å². The molecule has 0 radical (unpaired) electrons. The van der Waals surface area contributed by atoms with Gasteiger partial charge in [0.25, 0.3) is 0 Å². The summed E-state index contributed by atoms with van der Waals surface area (Å²) < 4.78 is 1.59. The zero-order valence-corrected chi connectivity index (χ0v) is 15.2. The van der Waals surface area contributed by atoms with Gasteiger partial charge in [-0.1, -0.05) is 17.7 Å². The molecule has 0 aliphatic carbocycles. The van der Waals surface area contributed by atoms with Crippen molar-refractivity contribution in [2.75, 3.05) is 12.3 Å². The number of nitrogen functional groups attached to an aromatic ring is 1. The lowest BCUT2D eigenvalue weighted by atomic mass is 10.1. The van der Waals surface area contributed by atoms with Crippen molar-refractivity contribution in [3.63, 3.8) is 0 Å². The molecule has 2 rings (SSSR count). The van der Waals surface area contributed by atoms with Crippen molar-refractivity contribution in [1.29, 1.82) is 5.26 Å². The number of benzene rings is 1. The standard InChI is InChI=1S/C15H19N7.HI/c1-10-4-6-11(7-5-10)22-14(17)12(9-16)13(21-22)3-2-8-20-15(18)19;/h4-7H,2-3,8,17H2,1H3,(H4,18,19,20);1H. The van der Waals surface area contributed by atoms with Gasteiger partial charge in [-0.2, -0.15) is 10.4 Å². The molecule has 0 unspecified atom stereocenters. The maximum atomic E-state index is 9.30. The summed E-state index contributed by atoms with van der Waals surface area (Å²) in [6.07, 6.45) is 1.28. The summed E-state index contributed by atoms with van der Waals surface area (Å²) >= 11 is 0. The molecule has 23 heavy (non-hydrogen) atoms. The second-order valence-electron chi connectivity index (χ2n) is 4.98. The van der Waals surface area contributed by atoms with Crippen molar-refractivity contribution in [1.82, 2.24) is 9.78 Å². The van der Waals surface area contributed by atoms with E-state index >= 15 is 0 Å². The van der Waals surface area contributed by atoms with Crippen LogP contribution in [0.25, 0.3) is 5.69 Å². The average molecular weight is 425 g/mol. The molecule has 0 spiro atoms. The highest BCUT2D eigenvalue weighted by atomic mass is 127. The van der Waals surface area contributed by atoms with E-state index in [2.05, 4.69) is 16.2 Å². The van der Waals surface area contributed by atoms with E-state index in [1.54, 1.807) is 4.68 Å². The minimum atomic E-state index is 0. The molecule has 0 fully saturated rings. The molecular weight excluding hydrogens is 405 g/mol. The molecule has 7 nitrogen and oxygen atoms in total. The number of aryl methyl sites for hydroxylation is 2. The first kappa shape index (κ1) is 18.8. The molecule has 0 saturated heterocycles. The van der Waals surface area contributed by atoms with Crippen LogP contribution in [0.3, 0.4) is 0 Å². The first-order valence-electron chi connectivity index (χ1n) is 6.93. The molecule has 0 aliphatic rings. The minimum Gasteiger partial charge on any atom is -0.382 e. The first-order chi connectivity index (χ1) is 10.5. The lowest BCUT2D eigenvalue weighted by molar-refractivity contribution is 0.775. The second-order valence-corrected chi connectivity index (χ2v) is 4.98. The highest BCUT2D eigenvalue weighted by Gasteiger charge is 2.16. The molecule has 6 N–H and O–H groups in total. The van der Waals surface area contributed by atoms with E-state index in [1.807, 2.05) is 31.2 Å². The molecule has 0 amide bonds. The van der Waals surface area contributed by atoms with Crippen LogP contribution in [0.15, 0.2) is 29.3 Å². The Labute approximate surface area is 152 Å². The van der Waals surface area contributed by atoms with Crippen LogP contribution in [0.4, 0.5) is 5.82 Å². The summed E-state index contributed by atoms with van der Waals surface area (Å²) in [7, 11) is 0. The number of halogens is 1. The Balaban J connectivity index is 0.00000264. The Morgan fingerprint density at radius 2 is 1.96 bits per heavy atom. The van der Waals surface area contributed by atoms with Crippen LogP contribution in [0.1, 0.15) is 23.2 Å². The van der Waals surface area contributed by atoms with Crippen molar-refractivity contribution >= 4 is 35.8 Å². The van der Waals surface area contributed by atoms with Gasteiger partial charge in [0.2, 0.25) is 0 Å². The molecule has 0 aliphatic heterocycles. The highest BCUT2D eigenvalue weighted by Crippen LogP contribution is 2.21. The Bertz CT molecular complexity index is 722. The SMILES string of the molecule is Cc1ccc(-n2nc(CCCN=C(N)N)c(C#N)c2N)cc1.I. The van der Waals surface area contributed by atoms with E-state index in [0.717, 1.165) is 11.3 Å². The number of aromatic nitrogens is 2. The van der Waals surface area contributed by atoms with Crippen molar-refractivity contribution in [3.8, 4) is 11.8 Å². The number of rotatable bonds is 5. The van der Waals surface area contributed by atoms with Gasteiger partial charge >= 0.3 is 0 Å². The number of anilines is 1. The number of hydrogen-bond acceptors (Lipinski definition) is 4. The van der Waals surface area contributed by atoms with E-state index in [0.29, 0.717) is 36.5 Å². The maximum Gasteiger partial charge on any atom is 0.185 e. The second kappa shape index (κ2) is 8.38. The molecule has 2 aromatic rings. The molecule has 122 valence electrons. The predicted octanol–water partition coefficient (Wildman–Crippen LogP) is 1.46. The molecule has 0 bridgehead atoms. The normalized spacial score (nSPS) is 9.74. The van der Waals surface area contributed by atoms with Gasteiger partial charge in [0.1, 0.15) is 17.5 Å². The average Bonchev–Trinajstić information content (AvgIpc) is 2.80. The summed E-state index contributed by atoms with van der Waals surface area (Å²) in [6.45, 7) is 2.50. The third kappa shape index (κ3) is 4.59. The molecule has 1 aromatic heterocycles. The van der Waals surface area contributed by atoms with E-state index in [4.69, 9.17) is 17.2 Å². The Morgan fingerprint density at radius 3 is 2.52 bits per heavy atom. The molecule has 0 saturated carbocycles. The van der Waals surface area contributed by atoms with Gasteiger partial charge in [-0.25, -0.2) is 4.68 Å². The third-order valence-electron chi connectivity index (χ3n) is 3.25. The number of hydrogen-bond donors (Lipinski definition) is 3. The highest BCUT2D eigenvalue weighted by molar-refractivity contribution is 14.0. The largest absolute Gasteiger partial charge is 0.382 e. The molecule has 8 heteroatoms. The van der Waals surface area contributed by atoms with Crippen LogP contribution in [-0.2, 0) is 6.42 Å². The molecule has 0 atom stereocenters. The smallest absolute Gasteiger partial charge is 0.185 e. The first-order valence-corrected chi connectivity index (χ1v) is 6.93. The van der Waals surface area contributed by atoms with Crippen molar-refractivity contribution in [2.24, 2.45) is 16.5 Å². The van der Waals surface area contributed by atoms with Gasteiger partial charge in [-0.15, -0.1) is 24.0 Å². The number of nitriles is 1. The fourth-order valence-corrected chi connectivity index (χ4v) is 2.11. The van der Waals surface area contributed by atoms with E-state index < -0.39 is 0 Å². The number of guanidine groups is 1. The summed E-state index contributed by atoms with van der Waals surface area (Å²) in [4.78, 5) is 3.92. The monoisotopic (exact) mass is 425 g/mol. The van der Waals surface area contributed by atoms with Crippen LogP contribution in [0.5, 0.6) is 0 Å². The summed E-state index contributed by atoms with van der Waals surface area (Å²) in [6, 6.07) is 9.91. The zero-order chi connectivity index (χ0) is 16.1. The Kier molecular flexibility index (Phi) is 6.84. The predicted molar refractivity (Wildman–Crippen MR) is 102 cm³/mol. The lowest BCUT2D eigenvalue weighted by Gasteiger charge is -2.03. The van der Waals surface area contributed by atoms with Gasteiger partial charge < -0.3 is 17.2 Å². The third-order valence-corrected chi connectivity index (χ3v) is 3.25. The van der Waals surface area contributed by atoms with Crippen LogP contribution in [-0.4, -0.2) is 22.3 Å². The summed E-state index contributed by atoms with van der Waals surface area (Å²) in [5, 5.41) is 13.8. The fraction of sp³-hybridized carbons (Fsp3) is 0.267. The molecular formula is C15H20IN7. The van der Waals surface area contributed by atoms with Crippen molar-refractivity contribution < 1.29 is 0 Å². The topological polar surface area (TPSA) is 132 Å². The van der Waals surface area contributed by atoms with E-state index in [-0.39, 0.29) is 29.9 Å². The minimum absolute atomic E-state index is 0. The van der Waals surface area contributed by atoms with Crippen LogP contribution in [0.2, 0.25) is 0 Å². The van der Waals surface area contributed by atoms with Gasteiger partial charge in [-0.3, -0.25) is 4.99 Å². The Morgan fingerprint density at radius 1 is 1.30 bits per heavy atom. The van der Waals surface area contributed by atoms with E-state index in [1.165, 1.54) is 0 Å². The quantitative estimate of drug-likeness (QED) is 0.289. The Hall–Kier alpha value is -2.28. The zero-order valence-electron chi connectivity index (χ0n) is 12.9. The van der Waals surface area contributed by atoms with Crippen molar-refractivity contribution in [2.45, 2.75) is 19.8 Å². The van der Waals surface area contributed by atoms with Gasteiger partial charge in [0.05, 0.1) is 11.4 Å². The summed E-state index contributed by atoms with van der Waals surface area (Å²) in [5.74, 6) is 0.411. The molecule has 1 heterocycles. The van der Waals surface area contributed by atoms with Crippen LogP contribution >= 0.6 is 24.0 Å². The number of nitrogens with two attached hydrogens (primary N) is 3. The van der Waals surface area contributed by atoms with Crippen LogP contribution in [0, 0.1) is 18.3 Å². The summed E-state index contributed by atoms with van der Waals surface area (Å²) in [5.41, 5.74) is 19.6. The number of nitrogens with zero attached hydrogens (tertiary/aromatic N) is 4. The van der Waals surface area contributed by atoms with Gasteiger partial charge in [0, 0.05) is 6.54 Å². The lowest BCUT2D eigenvalue weighted by Crippen LogP contribution is -2.23.